The predicted octanol–water partition coefficient (Wildman–Crippen LogP) is 4.15. The summed E-state index contributed by atoms with van der Waals surface area (Å²) < 4.78 is 1.98. The van der Waals surface area contributed by atoms with Gasteiger partial charge < -0.3 is 9.88 Å². The first-order valence-electron chi connectivity index (χ1n) is 8.80. The molecule has 1 N–H and O–H groups in total. The zero-order chi connectivity index (χ0) is 18.1. The number of ketones is 1. The Morgan fingerprint density at radius 3 is 2.42 bits per heavy atom. The molecule has 1 atom stereocenters. The third-order valence-corrected chi connectivity index (χ3v) is 4.92. The van der Waals surface area contributed by atoms with Crippen molar-refractivity contribution in [2.24, 2.45) is 0 Å². The highest BCUT2D eigenvalue weighted by molar-refractivity contribution is 6.08. The number of anilines is 1. The van der Waals surface area contributed by atoms with Gasteiger partial charge in [-0.05, 0) is 37.6 Å². The van der Waals surface area contributed by atoms with Gasteiger partial charge in [0, 0.05) is 23.5 Å². The van der Waals surface area contributed by atoms with Crippen LogP contribution in [0.4, 0.5) is 5.69 Å². The van der Waals surface area contributed by atoms with Crippen molar-refractivity contribution in [2.45, 2.75) is 25.8 Å². The quantitative estimate of drug-likeness (QED) is 0.723. The molecule has 1 aliphatic heterocycles. The Labute approximate surface area is 152 Å². The molecule has 0 radical (unpaired) electrons. The lowest BCUT2D eigenvalue weighted by Gasteiger charge is -2.11. The van der Waals surface area contributed by atoms with Crippen LogP contribution >= 0.6 is 0 Å². The normalized spacial score (nSPS) is 15.5. The Bertz CT molecular complexity index is 956. The molecule has 1 aliphatic rings. The van der Waals surface area contributed by atoms with Gasteiger partial charge in [-0.2, -0.15) is 0 Å². The predicted molar refractivity (Wildman–Crippen MR) is 101 cm³/mol. The summed E-state index contributed by atoms with van der Waals surface area (Å²) in [6.45, 7) is 2.70. The van der Waals surface area contributed by atoms with Crippen LogP contribution in [-0.4, -0.2) is 16.3 Å². The van der Waals surface area contributed by atoms with Crippen LogP contribution in [0.2, 0.25) is 0 Å². The molecule has 2 aromatic carbocycles. The summed E-state index contributed by atoms with van der Waals surface area (Å²) >= 11 is 0. The molecule has 0 saturated carbocycles. The molecule has 130 valence electrons. The summed E-state index contributed by atoms with van der Waals surface area (Å²) in [4.78, 5) is 25.4. The average molecular weight is 344 g/mol. The highest BCUT2D eigenvalue weighted by atomic mass is 16.2. The van der Waals surface area contributed by atoms with E-state index >= 15 is 0 Å². The number of fused-ring (bicyclic) bond motifs is 1. The molecule has 4 rings (SSSR count). The van der Waals surface area contributed by atoms with Gasteiger partial charge in [0.25, 0.3) is 0 Å². The second-order valence-electron chi connectivity index (χ2n) is 6.69. The zero-order valence-electron chi connectivity index (χ0n) is 14.6. The summed E-state index contributed by atoms with van der Waals surface area (Å²) in [5.41, 5.74) is 4.18. The SMILES string of the molecule is Cc1ccc(NC(=O)[C@@H]2CCn3c(C(=O)c4ccccc4)ccc32)cc1. The van der Waals surface area contributed by atoms with Crippen LogP contribution in [0.5, 0.6) is 0 Å². The molecule has 0 spiro atoms. The lowest BCUT2D eigenvalue weighted by molar-refractivity contribution is -0.117. The van der Waals surface area contributed by atoms with Gasteiger partial charge in [0.05, 0.1) is 11.6 Å². The van der Waals surface area contributed by atoms with E-state index in [4.69, 9.17) is 0 Å². The summed E-state index contributed by atoms with van der Waals surface area (Å²) in [6, 6.07) is 20.8. The minimum absolute atomic E-state index is 0.00329. The summed E-state index contributed by atoms with van der Waals surface area (Å²) in [6.07, 6.45) is 0.711. The van der Waals surface area contributed by atoms with E-state index in [2.05, 4.69) is 5.32 Å². The first-order valence-corrected chi connectivity index (χ1v) is 8.80. The van der Waals surface area contributed by atoms with Crippen molar-refractivity contribution >= 4 is 17.4 Å². The summed E-state index contributed by atoms with van der Waals surface area (Å²) in [5, 5.41) is 2.98. The number of carbonyl (C=O) groups is 2. The standard InChI is InChI=1S/C22H20N2O2/c1-15-7-9-17(10-8-15)23-22(26)18-13-14-24-19(18)11-12-20(24)21(25)16-5-3-2-4-6-16/h2-12,18H,13-14H2,1H3,(H,23,26)/t18-/m1/s1. The van der Waals surface area contributed by atoms with Crippen molar-refractivity contribution in [3.8, 4) is 0 Å². The third kappa shape index (κ3) is 2.94. The number of hydrogen-bond acceptors (Lipinski definition) is 2. The molecular formula is C22H20N2O2. The monoisotopic (exact) mass is 344 g/mol. The van der Waals surface area contributed by atoms with Crippen molar-refractivity contribution in [2.75, 3.05) is 5.32 Å². The molecule has 0 unspecified atom stereocenters. The Hall–Kier alpha value is -3.14. The second kappa shape index (κ2) is 6.64. The Morgan fingerprint density at radius 1 is 0.962 bits per heavy atom. The zero-order valence-corrected chi connectivity index (χ0v) is 14.6. The van der Waals surface area contributed by atoms with Gasteiger partial charge in [0.2, 0.25) is 11.7 Å². The van der Waals surface area contributed by atoms with E-state index in [-0.39, 0.29) is 17.6 Å². The second-order valence-corrected chi connectivity index (χ2v) is 6.69. The molecule has 4 nitrogen and oxygen atoms in total. The molecule has 0 fully saturated rings. The molecule has 4 heteroatoms. The molecule has 3 aromatic rings. The number of rotatable bonds is 4. The van der Waals surface area contributed by atoms with Gasteiger partial charge >= 0.3 is 0 Å². The Kier molecular flexibility index (Phi) is 4.17. The van der Waals surface area contributed by atoms with Crippen LogP contribution in [0, 0.1) is 6.92 Å². The van der Waals surface area contributed by atoms with E-state index in [0.717, 1.165) is 16.9 Å². The van der Waals surface area contributed by atoms with Gasteiger partial charge in [0.1, 0.15) is 0 Å². The first-order chi connectivity index (χ1) is 12.6. The molecular weight excluding hydrogens is 324 g/mol. The van der Waals surface area contributed by atoms with Gasteiger partial charge in [0.15, 0.2) is 0 Å². The molecule has 1 amide bonds. The summed E-state index contributed by atoms with van der Waals surface area (Å²) in [7, 11) is 0. The van der Waals surface area contributed by atoms with E-state index < -0.39 is 0 Å². The van der Waals surface area contributed by atoms with Crippen LogP contribution in [0.15, 0.2) is 66.7 Å². The number of benzene rings is 2. The fourth-order valence-electron chi connectivity index (χ4n) is 3.51. The lowest BCUT2D eigenvalue weighted by atomic mass is 10.0. The van der Waals surface area contributed by atoms with Gasteiger partial charge in [-0.15, -0.1) is 0 Å². The smallest absolute Gasteiger partial charge is 0.233 e. The number of carbonyl (C=O) groups excluding carboxylic acids is 2. The largest absolute Gasteiger partial charge is 0.341 e. The van der Waals surface area contributed by atoms with E-state index in [1.807, 2.05) is 78.2 Å². The first kappa shape index (κ1) is 16.3. The Morgan fingerprint density at radius 2 is 1.69 bits per heavy atom. The fraction of sp³-hybridized carbons (Fsp3) is 0.182. The van der Waals surface area contributed by atoms with Crippen LogP contribution in [0.3, 0.4) is 0 Å². The van der Waals surface area contributed by atoms with Gasteiger partial charge in [-0.3, -0.25) is 9.59 Å². The molecule has 0 saturated heterocycles. The maximum absolute atomic E-state index is 12.7. The average Bonchev–Trinajstić information content (AvgIpc) is 3.26. The topological polar surface area (TPSA) is 51.1 Å². The van der Waals surface area contributed by atoms with Crippen molar-refractivity contribution in [3.05, 3.63) is 89.2 Å². The third-order valence-electron chi connectivity index (χ3n) is 4.92. The van der Waals surface area contributed by atoms with Crippen LogP contribution in [0.25, 0.3) is 0 Å². The van der Waals surface area contributed by atoms with Crippen molar-refractivity contribution < 1.29 is 9.59 Å². The van der Waals surface area contributed by atoms with Crippen LogP contribution < -0.4 is 5.32 Å². The molecule has 2 heterocycles. The van der Waals surface area contributed by atoms with Crippen LogP contribution in [-0.2, 0) is 11.3 Å². The number of nitrogens with one attached hydrogen (secondary N) is 1. The van der Waals surface area contributed by atoms with Crippen molar-refractivity contribution in [1.29, 1.82) is 0 Å². The highest BCUT2D eigenvalue weighted by Crippen LogP contribution is 2.32. The summed E-state index contributed by atoms with van der Waals surface area (Å²) in [5.74, 6) is -0.255. The number of hydrogen-bond donors (Lipinski definition) is 1. The van der Waals surface area contributed by atoms with Crippen molar-refractivity contribution in [3.63, 3.8) is 0 Å². The molecule has 0 bridgehead atoms. The number of aromatic nitrogens is 1. The molecule has 26 heavy (non-hydrogen) atoms. The fourth-order valence-corrected chi connectivity index (χ4v) is 3.51. The maximum Gasteiger partial charge on any atom is 0.233 e. The maximum atomic E-state index is 12.7. The highest BCUT2D eigenvalue weighted by Gasteiger charge is 2.31. The lowest BCUT2D eigenvalue weighted by Crippen LogP contribution is -2.19. The number of nitrogens with zero attached hydrogens (tertiary/aromatic N) is 1. The van der Waals surface area contributed by atoms with Gasteiger partial charge in [-0.25, -0.2) is 0 Å². The minimum atomic E-state index is -0.228. The van der Waals surface area contributed by atoms with E-state index in [1.165, 1.54) is 0 Å². The van der Waals surface area contributed by atoms with Crippen LogP contribution in [0.1, 0.15) is 39.6 Å². The van der Waals surface area contributed by atoms with E-state index in [0.29, 0.717) is 24.2 Å². The molecule has 1 aromatic heterocycles. The number of aryl methyl sites for hydroxylation is 1. The minimum Gasteiger partial charge on any atom is -0.341 e. The van der Waals surface area contributed by atoms with Gasteiger partial charge in [-0.1, -0.05) is 48.0 Å². The number of amides is 1. The van der Waals surface area contributed by atoms with E-state index in [1.54, 1.807) is 0 Å². The molecule has 0 aliphatic carbocycles. The van der Waals surface area contributed by atoms with E-state index in [9.17, 15) is 9.59 Å². The Balaban J connectivity index is 1.55. The van der Waals surface area contributed by atoms with Crippen molar-refractivity contribution in [1.82, 2.24) is 4.57 Å².